The standard InChI is InChI=1S/C11H12Cl2N4S/c12-8-5-9(13)10-14-17(11(18)16(10)6-8)7-15-3-1-2-4-15/h5-6H,1-4,7H2/p+1. The molecule has 7 heteroatoms. The van der Waals surface area contributed by atoms with Crippen molar-refractivity contribution in [3.05, 3.63) is 27.1 Å². The van der Waals surface area contributed by atoms with Gasteiger partial charge in [-0.3, -0.25) is 4.40 Å². The van der Waals surface area contributed by atoms with E-state index in [1.165, 1.54) is 30.8 Å². The number of hydrogen-bond donors (Lipinski definition) is 1. The number of nitrogens with zero attached hydrogens (tertiary/aromatic N) is 3. The van der Waals surface area contributed by atoms with Crippen LogP contribution < -0.4 is 4.90 Å². The zero-order valence-electron chi connectivity index (χ0n) is 9.70. The Kier molecular flexibility index (Phi) is 3.32. The van der Waals surface area contributed by atoms with Gasteiger partial charge in [-0.15, -0.1) is 5.10 Å². The Balaban J connectivity index is 2.05. The van der Waals surface area contributed by atoms with E-state index < -0.39 is 0 Å². The van der Waals surface area contributed by atoms with E-state index >= 15 is 0 Å². The number of fused-ring (bicyclic) bond motifs is 1. The van der Waals surface area contributed by atoms with Gasteiger partial charge in [0.05, 0.1) is 23.1 Å². The second-order valence-corrected chi connectivity index (χ2v) is 5.81. The summed E-state index contributed by atoms with van der Waals surface area (Å²) in [5, 5.41) is 5.58. The molecule has 0 saturated carbocycles. The number of likely N-dealkylation sites (tertiary alicyclic amines) is 1. The summed E-state index contributed by atoms with van der Waals surface area (Å²) >= 11 is 17.5. The fourth-order valence-corrected chi connectivity index (χ4v) is 3.15. The third kappa shape index (κ3) is 2.16. The number of hydrogen-bond acceptors (Lipinski definition) is 2. The van der Waals surface area contributed by atoms with Gasteiger partial charge in [-0.05, 0) is 18.3 Å². The van der Waals surface area contributed by atoms with E-state index in [9.17, 15) is 0 Å². The van der Waals surface area contributed by atoms with Gasteiger partial charge >= 0.3 is 0 Å². The number of rotatable bonds is 2. The molecule has 1 aliphatic heterocycles. The van der Waals surface area contributed by atoms with Crippen LogP contribution in [0, 0.1) is 4.77 Å². The smallest absolute Gasteiger partial charge is 0.207 e. The molecular formula is C11H13Cl2N4S+. The highest BCUT2D eigenvalue weighted by atomic mass is 35.5. The summed E-state index contributed by atoms with van der Waals surface area (Å²) in [5.74, 6) is 0. The minimum absolute atomic E-state index is 0.531. The summed E-state index contributed by atoms with van der Waals surface area (Å²) in [6.07, 6.45) is 4.32. The van der Waals surface area contributed by atoms with Crippen LogP contribution in [-0.4, -0.2) is 27.3 Å². The fraction of sp³-hybridized carbons (Fsp3) is 0.455. The van der Waals surface area contributed by atoms with Crippen LogP contribution in [0.15, 0.2) is 12.3 Å². The third-order valence-electron chi connectivity index (χ3n) is 3.29. The van der Waals surface area contributed by atoms with E-state index in [-0.39, 0.29) is 0 Å². The molecule has 96 valence electrons. The number of pyridine rings is 1. The topological polar surface area (TPSA) is 26.7 Å². The molecule has 18 heavy (non-hydrogen) atoms. The van der Waals surface area contributed by atoms with E-state index in [0.717, 1.165) is 6.67 Å². The van der Waals surface area contributed by atoms with E-state index in [2.05, 4.69) is 5.10 Å². The number of halogens is 2. The molecule has 1 N–H and O–H groups in total. The molecule has 0 atom stereocenters. The Morgan fingerprint density at radius 3 is 2.78 bits per heavy atom. The quantitative estimate of drug-likeness (QED) is 0.857. The second-order valence-electron chi connectivity index (χ2n) is 4.60. The lowest BCUT2D eigenvalue weighted by atomic mass is 10.4. The van der Waals surface area contributed by atoms with Gasteiger partial charge in [0.25, 0.3) is 0 Å². The van der Waals surface area contributed by atoms with Crippen molar-refractivity contribution in [1.82, 2.24) is 14.2 Å². The molecule has 2 aromatic heterocycles. The molecule has 4 nitrogen and oxygen atoms in total. The molecule has 1 aliphatic rings. The molecule has 1 fully saturated rings. The van der Waals surface area contributed by atoms with Crippen LogP contribution >= 0.6 is 35.4 Å². The summed E-state index contributed by atoms with van der Waals surface area (Å²) in [7, 11) is 0. The van der Waals surface area contributed by atoms with Crippen molar-refractivity contribution in [3.63, 3.8) is 0 Å². The Bertz CT molecular complexity index is 642. The second kappa shape index (κ2) is 4.81. The molecule has 3 heterocycles. The van der Waals surface area contributed by atoms with Gasteiger partial charge in [-0.1, -0.05) is 23.2 Å². The lowest BCUT2D eigenvalue weighted by Crippen LogP contribution is -3.09. The number of nitrogens with one attached hydrogen (secondary N) is 1. The van der Waals surface area contributed by atoms with Crippen molar-refractivity contribution in [2.45, 2.75) is 19.5 Å². The first kappa shape index (κ1) is 12.4. The monoisotopic (exact) mass is 303 g/mol. The van der Waals surface area contributed by atoms with Crippen LogP contribution in [0.25, 0.3) is 5.65 Å². The van der Waals surface area contributed by atoms with Crippen LogP contribution in [-0.2, 0) is 6.67 Å². The maximum absolute atomic E-state index is 6.13. The number of quaternary nitrogens is 1. The van der Waals surface area contributed by atoms with Gasteiger partial charge < -0.3 is 4.90 Å². The first-order valence-corrected chi connectivity index (χ1v) is 7.09. The summed E-state index contributed by atoms with van der Waals surface area (Å²) in [5.41, 5.74) is 0.671. The molecule has 0 unspecified atom stereocenters. The maximum Gasteiger partial charge on any atom is 0.207 e. The van der Waals surface area contributed by atoms with Gasteiger partial charge in [-0.25, -0.2) is 0 Å². The lowest BCUT2D eigenvalue weighted by molar-refractivity contribution is -0.911. The molecule has 0 aliphatic carbocycles. The zero-order chi connectivity index (χ0) is 12.7. The van der Waals surface area contributed by atoms with E-state index in [0.29, 0.717) is 20.5 Å². The van der Waals surface area contributed by atoms with E-state index in [1.54, 1.807) is 16.7 Å². The first-order chi connectivity index (χ1) is 8.65. The SMILES string of the molecule is S=c1n(C[NH+]2CCCC2)nc2c(Cl)cc(Cl)cn12. The van der Waals surface area contributed by atoms with Gasteiger partial charge in [0.2, 0.25) is 4.77 Å². The van der Waals surface area contributed by atoms with E-state index in [1.807, 2.05) is 4.68 Å². The highest BCUT2D eigenvalue weighted by molar-refractivity contribution is 7.71. The van der Waals surface area contributed by atoms with Crippen LogP contribution in [0.5, 0.6) is 0 Å². The van der Waals surface area contributed by atoms with Crippen LogP contribution in [0.2, 0.25) is 10.0 Å². The van der Waals surface area contributed by atoms with Crippen molar-refractivity contribution in [2.75, 3.05) is 13.1 Å². The van der Waals surface area contributed by atoms with Crippen molar-refractivity contribution >= 4 is 41.1 Å². The summed E-state index contributed by atoms with van der Waals surface area (Å²) < 4.78 is 4.26. The molecule has 0 spiro atoms. The van der Waals surface area contributed by atoms with Crippen LogP contribution in [0.4, 0.5) is 0 Å². The van der Waals surface area contributed by atoms with Gasteiger partial charge in [-0.2, -0.15) is 4.68 Å². The van der Waals surface area contributed by atoms with Crippen molar-refractivity contribution in [2.24, 2.45) is 0 Å². The Morgan fingerprint density at radius 2 is 2.06 bits per heavy atom. The zero-order valence-corrected chi connectivity index (χ0v) is 12.0. The van der Waals surface area contributed by atoms with Gasteiger partial charge in [0, 0.05) is 19.0 Å². The maximum atomic E-state index is 6.13. The molecule has 0 amide bonds. The third-order valence-corrected chi connectivity index (χ3v) is 4.18. The van der Waals surface area contributed by atoms with Gasteiger partial charge in [0.15, 0.2) is 12.3 Å². The van der Waals surface area contributed by atoms with Crippen molar-refractivity contribution < 1.29 is 4.90 Å². The number of aromatic nitrogens is 3. The van der Waals surface area contributed by atoms with E-state index in [4.69, 9.17) is 35.4 Å². The largest absolute Gasteiger partial charge is 0.316 e. The van der Waals surface area contributed by atoms with Crippen molar-refractivity contribution in [3.8, 4) is 0 Å². The lowest BCUT2D eigenvalue weighted by Gasteiger charge is -2.10. The summed E-state index contributed by atoms with van der Waals surface area (Å²) in [6.45, 7) is 3.17. The van der Waals surface area contributed by atoms with Gasteiger partial charge in [0.1, 0.15) is 0 Å². The summed E-state index contributed by atoms with van der Waals surface area (Å²) in [4.78, 5) is 1.51. The molecule has 0 bridgehead atoms. The highest BCUT2D eigenvalue weighted by Gasteiger charge is 2.18. The molecule has 0 aromatic carbocycles. The van der Waals surface area contributed by atoms with Crippen LogP contribution in [0.3, 0.4) is 0 Å². The Hall–Kier alpha value is -0.620. The van der Waals surface area contributed by atoms with Crippen molar-refractivity contribution in [1.29, 1.82) is 0 Å². The normalized spacial score (nSPS) is 16.8. The highest BCUT2D eigenvalue weighted by Crippen LogP contribution is 2.21. The Morgan fingerprint density at radius 1 is 1.33 bits per heavy atom. The first-order valence-electron chi connectivity index (χ1n) is 5.93. The molecule has 0 radical (unpaired) electrons. The predicted octanol–water partition coefficient (Wildman–Crippen LogP) is 1.81. The molecular weight excluding hydrogens is 291 g/mol. The average molecular weight is 304 g/mol. The fourth-order valence-electron chi connectivity index (χ4n) is 2.39. The average Bonchev–Trinajstić information content (AvgIpc) is 2.91. The Labute approximate surface area is 120 Å². The summed E-state index contributed by atoms with van der Waals surface area (Å²) in [6, 6.07) is 1.69. The molecule has 2 aromatic rings. The van der Waals surface area contributed by atoms with Crippen LogP contribution in [0.1, 0.15) is 12.8 Å². The molecule has 1 saturated heterocycles. The molecule has 3 rings (SSSR count). The minimum Gasteiger partial charge on any atom is -0.316 e. The minimum atomic E-state index is 0.531. The predicted molar refractivity (Wildman–Crippen MR) is 74.0 cm³/mol.